The van der Waals surface area contributed by atoms with Gasteiger partial charge in [0.1, 0.15) is 0 Å². The summed E-state index contributed by atoms with van der Waals surface area (Å²) in [6.45, 7) is 1.41. The molecule has 5 heavy (non-hydrogen) atoms. The molecule has 0 aliphatic carbocycles. The van der Waals surface area contributed by atoms with Crippen LogP contribution < -0.4 is 0 Å². The van der Waals surface area contributed by atoms with Gasteiger partial charge in [-0.25, -0.2) is 9.90 Å². The van der Waals surface area contributed by atoms with Gasteiger partial charge in [0.25, 0.3) is 0 Å². The zero-order valence-electron chi connectivity index (χ0n) is 2.89. The van der Waals surface area contributed by atoms with E-state index in [-0.39, 0.29) is 0 Å². The van der Waals surface area contributed by atoms with Crippen molar-refractivity contribution in [1.29, 1.82) is 0 Å². The second kappa shape index (κ2) is 1.76. The number of hydrogen-bond acceptors (Lipinski definition) is 1. The van der Waals surface area contributed by atoms with Gasteiger partial charge < -0.3 is 0 Å². The molecule has 0 aromatic rings. The number of hydrogen-bond donors (Lipinski definition) is 0. The first-order valence-electron chi connectivity index (χ1n) is 1.27. The van der Waals surface area contributed by atoms with Crippen molar-refractivity contribution < 1.29 is 9.90 Å². The minimum Gasteiger partial charge on any atom is -0.247 e. The maximum absolute atomic E-state index is 9.20. The SMILES string of the molecule is C[CH]C([O])=O. The number of rotatable bonds is 1. The van der Waals surface area contributed by atoms with Crippen LogP contribution in [-0.2, 0) is 9.90 Å². The zero-order valence-corrected chi connectivity index (χ0v) is 2.89. The molecule has 0 saturated heterocycles. The van der Waals surface area contributed by atoms with Gasteiger partial charge in [-0.05, 0) is 0 Å². The molecule has 2 heteroatoms. The van der Waals surface area contributed by atoms with Crippen molar-refractivity contribution in [2.24, 2.45) is 0 Å². The lowest BCUT2D eigenvalue weighted by Gasteiger charge is -1.64. The van der Waals surface area contributed by atoms with Gasteiger partial charge in [-0.3, -0.25) is 0 Å². The van der Waals surface area contributed by atoms with Crippen LogP contribution in [0, 0.1) is 6.42 Å². The maximum Gasteiger partial charge on any atom is 0.359 e. The third-order valence-electron chi connectivity index (χ3n) is 0.236. The first-order valence-corrected chi connectivity index (χ1v) is 1.27. The van der Waals surface area contributed by atoms with E-state index in [1.165, 1.54) is 6.92 Å². The van der Waals surface area contributed by atoms with Crippen molar-refractivity contribution in [3.63, 3.8) is 0 Å². The number of carbonyl (C=O) groups excluding carboxylic acids is 1. The van der Waals surface area contributed by atoms with Crippen LogP contribution in [0.25, 0.3) is 0 Å². The average molecular weight is 72.1 g/mol. The molecule has 0 heterocycles. The predicted octanol–water partition coefficient (Wildman–Crippen LogP) is 0.168. The molecule has 0 atom stereocenters. The molecule has 0 N–H and O–H groups in total. The van der Waals surface area contributed by atoms with E-state index in [1.54, 1.807) is 0 Å². The molecular formula is C3H4O2. The van der Waals surface area contributed by atoms with Crippen LogP contribution in [0.4, 0.5) is 0 Å². The highest BCUT2D eigenvalue weighted by atomic mass is 16.4. The topological polar surface area (TPSA) is 37.0 Å². The van der Waals surface area contributed by atoms with Crippen LogP contribution in [-0.4, -0.2) is 5.97 Å². The smallest absolute Gasteiger partial charge is 0.247 e. The maximum atomic E-state index is 9.20. The highest BCUT2D eigenvalue weighted by Gasteiger charge is 1.86. The fourth-order valence-corrected chi connectivity index (χ4v) is 0. The standard InChI is InChI=1S/C3H4O2/c1-2-3(4)5/h2H,1H3. The summed E-state index contributed by atoms with van der Waals surface area (Å²) in [4.78, 5) is 9.20. The molecule has 0 aliphatic rings. The molecule has 0 saturated carbocycles. The van der Waals surface area contributed by atoms with Crippen molar-refractivity contribution in [3.05, 3.63) is 6.42 Å². The van der Waals surface area contributed by atoms with E-state index >= 15 is 0 Å². The molecule has 0 aromatic carbocycles. The largest absolute Gasteiger partial charge is 0.359 e. The first kappa shape index (κ1) is 4.47. The van der Waals surface area contributed by atoms with Crippen molar-refractivity contribution >= 4 is 5.97 Å². The van der Waals surface area contributed by atoms with Crippen molar-refractivity contribution in [2.75, 3.05) is 0 Å². The Morgan fingerprint density at radius 3 is 2.00 bits per heavy atom. The fourth-order valence-electron chi connectivity index (χ4n) is 0. The Kier molecular flexibility index (Phi) is 1.57. The van der Waals surface area contributed by atoms with Crippen LogP contribution in [0.1, 0.15) is 6.92 Å². The van der Waals surface area contributed by atoms with Gasteiger partial charge in [-0.1, -0.05) is 6.92 Å². The predicted molar refractivity (Wildman–Crippen MR) is 15.7 cm³/mol. The Morgan fingerprint density at radius 2 is 2.00 bits per heavy atom. The second-order valence-corrected chi connectivity index (χ2v) is 0.608. The lowest BCUT2D eigenvalue weighted by molar-refractivity contribution is -0.138. The van der Waals surface area contributed by atoms with Crippen LogP contribution in [0.5, 0.6) is 0 Å². The Morgan fingerprint density at radius 1 is 1.80 bits per heavy atom. The van der Waals surface area contributed by atoms with E-state index in [0.717, 1.165) is 6.42 Å². The normalized spacial score (nSPS) is 7.40. The second-order valence-electron chi connectivity index (χ2n) is 0.608. The monoisotopic (exact) mass is 72.0 g/mol. The quantitative estimate of drug-likeness (QED) is 0.435. The highest BCUT2D eigenvalue weighted by molar-refractivity contribution is 5.75. The van der Waals surface area contributed by atoms with Crippen LogP contribution >= 0.6 is 0 Å². The molecule has 0 rings (SSSR count). The van der Waals surface area contributed by atoms with Gasteiger partial charge in [-0.15, -0.1) is 0 Å². The zero-order chi connectivity index (χ0) is 4.28. The summed E-state index contributed by atoms with van der Waals surface area (Å²) >= 11 is 0. The highest BCUT2D eigenvalue weighted by Crippen LogP contribution is 1.66. The summed E-state index contributed by atoms with van der Waals surface area (Å²) in [6, 6.07) is 0. The summed E-state index contributed by atoms with van der Waals surface area (Å²) < 4.78 is 0. The summed E-state index contributed by atoms with van der Waals surface area (Å²) in [5.41, 5.74) is 0. The Bertz CT molecular complexity index is 40.2. The van der Waals surface area contributed by atoms with E-state index in [9.17, 15) is 9.90 Å². The van der Waals surface area contributed by atoms with Gasteiger partial charge in [0.05, 0.1) is 6.42 Å². The van der Waals surface area contributed by atoms with Crippen LogP contribution in [0.15, 0.2) is 0 Å². The van der Waals surface area contributed by atoms with E-state index in [0.29, 0.717) is 0 Å². The van der Waals surface area contributed by atoms with Crippen LogP contribution in [0.2, 0.25) is 0 Å². The van der Waals surface area contributed by atoms with E-state index in [4.69, 9.17) is 0 Å². The summed E-state index contributed by atoms with van der Waals surface area (Å²) in [5.74, 6) is -1.12. The Balaban J connectivity index is 2.85. The lowest BCUT2D eigenvalue weighted by Crippen LogP contribution is -1.85. The van der Waals surface area contributed by atoms with Gasteiger partial charge >= 0.3 is 5.97 Å². The lowest BCUT2D eigenvalue weighted by atomic mass is 10.5. The molecule has 0 bridgehead atoms. The van der Waals surface area contributed by atoms with Gasteiger partial charge in [-0.2, -0.15) is 0 Å². The van der Waals surface area contributed by atoms with Crippen molar-refractivity contribution in [1.82, 2.24) is 0 Å². The van der Waals surface area contributed by atoms with Gasteiger partial charge in [0.2, 0.25) is 0 Å². The molecule has 2 radical (unpaired) electrons. The molecule has 0 aliphatic heterocycles. The van der Waals surface area contributed by atoms with Crippen LogP contribution in [0.3, 0.4) is 0 Å². The summed E-state index contributed by atoms with van der Waals surface area (Å²) in [6.07, 6.45) is 0.972. The van der Waals surface area contributed by atoms with Crippen molar-refractivity contribution in [3.8, 4) is 0 Å². The first-order chi connectivity index (χ1) is 2.27. The van der Waals surface area contributed by atoms with E-state index in [2.05, 4.69) is 0 Å². The Labute approximate surface area is 30.4 Å². The Hall–Kier alpha value is -0.530. The minimum absolute atomic E-state index is 0.972. The molecule has 2 nitrogen and oxygen atoms in total. The van der Waals surface area contributed by atoms with E-state index < -0.39 is 5.97 Å². The molecule has 0 spiro atoms. The molecular weight excluding hydrogens is 68.0 g/mol. The molecule has 0 amide bonds. The molecule has 0 aromatic heterocycles. The van der Waals surface area contributed by atoms with E-state index in [1.807, 2.05) is 0 Å². The molecule has 0 unspecified atom stereocenters. The van der Waals surface area contributed by atoms with Gasteiger partial charge in [0, 0.05) is 0 Å². The summed E-state index contributed by atoms with van der Waals surface area (Å²) in [7, 11) is 0. The molecule has 28 valence electrons. The number of carbonyl (C=O) groups is 1. The summed E-state index contributed by atoms with van der Waals surface area (Å²) in [5, 5.41) is 9.20. The van der Waals surface area contributed by atoms with Crippen molar-refractivity contribution in [2.45, 2.75) is 6.92 Å². The fraction of sp³-hybridized carbons (Fsp3) is 0.333. The molecule has 0 fully saturated rings. The van der Waals surface area contributed by atoms with Gasteiger partial charge in [0.15, 0.2) is 0 Å². The third-order valence-corrected chi connectivity index (χ3v) is 0.236. The minimum atomic E-state index is -1.12. The average Bonchev–Trinajstić information content (AvgIpc) is 1.38. The third kappa shape index (κ3) is 3.47.